The minimum Gasteiger partial charge on any atom is -0.395 e. The molecule has 0 aromatic carbocycles. The summed E-state index contributed by atoms with van der Waals surface area (Å²) < 4.78 is 0. The molecule has 18 heavy (non-hydrogen) atoms. The van der Waals surface area contributed by atoms with E-state index in [1.807, 2.05) is 0 Å². The van der Waals surface area contributed by atoms with Gasteiger partial charge < -0.3 is 10.2 Å². The summed E-state index contributed by atoms with van der Waals surface area (Å²) in [4.78, 5) is 4.68. The Morgan fingerprint density at radius 1 is 1.00 bits per heavy atom. The number of piperidine rings is 1. The summed E-state index contributed by atoms with van der Waals surface area (Å²) in [6.45, 7) is 10.7. The molecular weight excluding hydrogens is 228 g/mol. The fourth-order valence-electron chi connectivity index (χ4n) is 3.31. The van der Waals surface area contributed by atoms with Crippen molar-refractivity contribution < 1.29 is 10.2 Å². The molecule has 1 aliphatic heterocycles. The van der Waals surface area contributed by atoms with E-state index in [0.717, 1.165) is 12.8 Å². The van der Waals surface area contributed by atoms with Crippen molar-refractivity contribution in [2.45, 2.75) is 57.7 Å². The number of likely N-dealkylation sites (tertiary alicyclic amines) is 1. The van der Waals surface area contributed by atoms with Crippen LogP contribution < -0.4 is 0 Å². The van der Waals surface area contributed by atoms with Crippen LogP contribution in [0.3, 0.4) is 0 Å². The lowest BCUT2D eigenvalue weighted by Gasteiger charge is -2.55. The summed E-state index contributed by atoms with van der Waals surface area (Å²) in [6, 6.07) is 0.436. The molecule has 1 heterocycles. The maximum absolute atomic E-state index is 9.17. The van der Waals surface area contributed by atoms with Gasteiger partial charge in [0.05, 0.1) is 13.2 Å². The second-order valence-corrected chi connectivity index (χ2v) is 6.73. The average molecular weight is 258 g/mol. The highest BCUT2D eigenvalue weighted by Crippen LogP contribution is 2.38. The van der Waals surface area contributed by atoms with Gasteiger partial charge in [-0.05, 0) is 47.6 Å². The fourth-order valence-corrected chi connectivity index (χ4v) is 3.31. The third kappa shape index (κ3) is 3.44. The first-order chi connectivity index (χ1) is 8.24. The molecule has 2 N–H and O–H groups in total. The van der Waals surface area contributed by atoms with Crippen molar-refractivity contribution in [3.63, 3.8) is 0 Å². The van der Waals surface area contributed by atoms with Gasteiger partial charge in [0, 0.05) is 30.2 Å². The summed E-state index contributed by atoms with van der Waals surface area (Å²) >= 11 is 0. The minimum atomic E-state index is 0.148. The van der Waals surface area contributed by atoms with Crippen LogP contribution in [0.25, 0.3) is 0 Å². The summed E-state index contributed by atoms with van der Waals surface area (Å²) in [6.07, 6.45) is 2.15. The van der Waals surface area contributed by atoms with Gasteiger partial charge in [0.25, 0.3) is 0 Å². The lowest BCUT2D eigenvalue weighted by molar-refractivity contribution is -0.0521. The molecule has 0 aromatic heterocycles. The molecule has 0 aromatic rings. The van der Waals surface area contributed by atoms with Gasteiger partial charge in [0.15, 0.2) is 0 Å². The maximum Gasteiger partial charge on any atom is 0.0558 e. The van der Waals surface area contributed by atoms with Gasteiger partial charge in [-0.3, -0.25) is 9.80 Å². The first-order valence-corrected chi connectivity index (χ1v) is 6.94. The molecular formula is C14H30N2O2. The van der Waals surface area contributed by atoms with Crippen molar-refractivity contribution in [2.75, 3.05) is 33.4 Å². The third-order valence-electron chi connectivity index (χ3n) is 4.58. The van der Waals surface area contributed by atoms with Crippen LogP contribution in [0.1, 0.15) is 40.5 Å². The smallest absolute Gasteiger partial charge is 0.0558 e. The Kier molecular flexibility index (Phi) is 5.18. The van der Waals surface area contributed by atoms with E-state index in [4.69, 9.17) is 0 Å². The Hall–Kier alpha value is -0.160. The molecule has 0 amide bonds. The molecule has 0 unspecified atom stereocenters. The van der Waals surface area contributed by atoms with Gasteiger partial charge in [-0.15, -0.1) is 0 Å². The predicted octanol–water partition coefficient (Wildman–Crippen LogP) is 0.924. The van der Waals surface area contributed by atoms with Crippen LogP contribution in [-0.4, -0.2) is 70.5 Å². The van der Waals surface area contributed by atoms with Crippen LogP contribution in [0.4, 0.5) is 0 Å². The first kappa shape index (κ1) is 15.9. The van der Waals surface area contributed by atoms with Gasteiger partial charge in [-0.2, -0.15) is 0 Å². The number of aliphatic hydroxyl groups is 2. The highest BCUT2D eigenvalue weighted by molar-refractivity contribution is 5.01. The number of hydrogen-bond acceptors (Lipinski definition) is 4. The average Bonchev–Trinajstić information content (AvgIpc) is 2.24. The maximum atomic E-state index is 9.17. The van der Waals surface area contributed by atoms with Crippen molar-refractivity contribution in [1.82, 2.24) is 9.80 Å². The van der Waals surface area contributed by atoms with Gasteiger partial charge in [0.1, 0.15) is 0 Å². The molecule has 1 aliphatic rings. The van der Waals surface area contributed by atoms with Gasteiger partial charge in [0.2, 0.25) is 0 Å². The zero-order valence-corrected chi connectivity index (χ0v) is 12.6. The predicted molar refractivity (Wildman–Crippen MR) is 74.7 cm³/mol. The quantitative estimate of drug-likeness (QED) is 0.770. The molecule has 1 rings (SSSR count). The van der Waals surface area contributed by atoms with E-state index in [0.29, 0.717) is 19.1 Å². The Balaban J connectivity index is 2.83. The largest absolute Gasteiger partial charge is 0.395 e. The Morgan fingerprint density at radius 3 is 1.72 bits per heavy atom. The number of rotatable bonds is 5. The topological polar surface area (TPSA) is 46.9 Å². The van der Waals surface area contributed by atoms with E-state index in [1.165, 1.54) is 0 Å². The number of nitrogens with zero attached hydrogens (tertiary/aromatic N) is 2. The highest BCUT2D eigenvalue weighted by Gasteiger charge is 2.44. The molecule has 0 radical (unpaired) electrons. The first-order valence-electron chi connectivity index (χ1n) is 6.94. The number of hydrogen-bond donors (Lipinski definition) is 2. The zero-order chi connectivity index (χ0) is 14.0. The van der Waals surface area contributed by atoms with E-state index in [2.05, 4.69) is 44.5 Å². The zero-order valence-electron chi connectivity index (χ0n) is 12.6. The summed E-state index contributed by atoms with van der Waals surface area (Å²) in [5.74, 6) is 0. The van der Waals surface area contributed by atoms with Crippen molar-refractivity contribution in [3.05, 3.63) is 0 Å². The molecule has 108 valence electrons. The van der Waals surface area contributed by atoms with Crippen LogP contribution in [0.2, 0.25) is 0 Å². The van der Waals surface area contributed by atoms with E-state index < -0.39 is 0 Å². The van der Waals surface area contributed by atoms with Gasteiger partial charge >= 0.3 is 0 Å². The number of aliphatic hydroxyl groups excluding tert-OH is 2. The Labute approximate surface area is 112 Å². The van der Waals surface area contributed by atoms with Crippen molar-refractivity contribution >= 4 is 0 Å². The van der Waals surface area contributed by atoms with Gasteiger partial charge in [-0.25, -0.2) is 0 Å². The molecule has 0 aliphatic carbocycles. The lowest BCUT2D eigenvalue weighted by Crippen LogP contribution is -2.63. The van der Waals surface area contributed by atoms with Crippen LogP contribution in [0.15, 0.2) is 0 Å². The molecule has 1 saturated heterocycles. The van der Waals surface area contributed by atoms with Gasteiger partial charge in [-0.1, -0.05) is 0 Å². The highest BCUT2D eigenvalue weighted by atomic mass is 16.3. The monoisotopic (exact) mass is 258 g/mol. The summed E-state index contributed by atoms with van der Waals surface area (Å²) in [7, 11) is 2.19. The van der Waals surface area contributed by atoms with Crippen LogP contribution in [-0.2, 0) is 0 Å². The molecule has 0 saturated carbocycles. The molecule has 1 fully saturated rings. The van der Waals surface area contributed by atoms with Crippen molar-refractivity contribution in [1.29, 1.82) is 0 Å². The minimum absolute atomic E-state index is 0.148. The summed E-state index contributed by atoms with van der Waals surface area (Å²) in [5, 5.41) is 18.3. The fraction of sp³-hybridized carbons (Fsp3) is 1.00. The Morgan fingerprint density at radius 2 is 1.39 bits per heavy atom. The van der Waals surface area contributed by atoms with E-state index in [-0.39, 0.29) is 24.3 Å². The second-order valence-electron chi connectivity index (χ2n) is 6.73. The molecule has 0 atom stereocenters. The second kappa shape index (κ2) is 5.87. The van der Waals surface area contributed by atoms with E-state index in [1.54, 1.807) is 0 Å². The molecule has 4 nitrogen and oxygen atoms in total. The standard InChI is InChI=1S/C14H30N2O2/c1-13(2)10-12(11-14(3,4)15(13)5)16(6-8-17)7-9-18/h12,17-18H,6-11H2,1-5H3. The van der Waals surface area contributed by atoms with E-state index in [9.17, 15) is 10.2 Å². The van der Waals surface area contributed by atoms with Crippen LogP contribution in [0, 0.1) is 0 Å². The van der Waals surface area contributed by atoms with Crippen molar-refractivity contribution in [3.8, 4) is 0 Å². The molecule has 4 heteroatoms. The van der Waals surface area contributed by atoms with Crippen LogP contribution in [0.5, 0.6) is 0 Å². The molecule has 0 spiro atoms. The SMILES string of the molecule is CN1C(C)(C)CC(N(CCO)CCO)CC1(C)C. The lowest BCUT2D eigenvalue weighted by atomic mass is 9.77. The Bertz CT molecular complexity index is 243. The van der Waals surface area contributed by atoms with Crippen molar-refractivity contribution in [2.24, 2.45) is 0 Å². The summed E-state index contributed by atoms with van der Waals surface area (Å²) in [5.41, 5.74) is 0.297. The third-order valence-corrected chi connectivity index (χ3v) is 4.58. The molecule has 0 bridgehead atoms. The van der Waals surface area contributed by atoms with Crippen LogP contribution >= 0.6 is 0 Å². The normalized spacial score (nSPS) is 24.7. The van der Waals surface area contributed by atoms with E-state index >= 15 is 0 Å².